The standard InChI is InChI=1S/C20H22ClN3O2/c1-13-12-16(21)8-9-19(13)26-14(2)20(25)22-10-11-24-15(3)23-17-6-4-5-7-18(17)24/h4-9,12,14H,10-11H2,1-3H3,(H,22,25). The fourth-order valence-electron chi connectivity index (χ4n) is 2.90. The van der Waals surface area contributed by atoms with Crippen LogP contribution in [0.4, 0.5) is 0 Å². The van der Waals surface area contributed by atoms with Crippen LogP contribution in [-0.2, 0) is 11.3 Å². The zero-order valence-electron chi connectivity index (χ0n) is 15.1. The van der Waals surface area contributed by atoms with Crippen molar-refractivity contribution in [2.75, 3.05) is 6.54 Å². The molecule has 5 nitrogen and oxygen atoms in total. The molecule has 0 saturated carbocycles. The van der Waals surface area contributed by atoms with Gasteiger partial charge >= 0.3 is 0 Å². The molecule has 2 aromatic carbocycles. The number of para-hydroxylation sites is 2. The molecule has 0 saturated heterocycles. The summed E-state index contributed by atoms with van der Waals surface area (Å²) in [5.41, 5.74) is 2.93. The number of nitrogens with zero attached hydrogens (tertiary/aromatic N) is 2. The number of nitrogens with one attached hydrogen (secondary N) is 1. The van der Waals surface area contributed by atoms with Gasteiger partial charge in [0, 0.05) is 18.1 Å². The van der Waals surface area contributed by atoms with Crippen molar-refractivity contribution in [3.05, 3.63) is 58.9 Å². The lowest BCUT2D eigenvalue weighted by Crippen LogP contribution is -2.38. The molecule has 0 aliphatic carbocycles. The SMILES string of the molecule is Cc1cc(Cl)ccc1OC(C)C(=O)NCCn1c(C)nc2ccccc21. The highest BCUT2D eigenvalue weighted by molar-refractivity contribution is 6.30. The van der Waals surface area contributed by atoms with E-state index in [0.717, 1.165) is 22.4 Å². The van der Waals surface area contributed by atoms with Gasteiger partial charge in [-0.3, -0.25) is 4.79 Å². The highest BCUT2D eigenvalue weighted by atomic mass is 35.5. The maximum atomic E-state index is 12.3. The summed E-state index contributed by atoms with van der Waals surface area (Å²) in [5.74, 6) is 1.44. The summed E-state index contributed by atoms with van der Waals surface area (Å²) in [4.78, 5) is 16.8. The minimum atomic E-state index is -0.587. The molecule has 26 heavy (non-hydrogen) atoms. The van der Waals surface area contributed by atoms with Gasteiger partial charge in [0.15, 0.2) is 6.10 Å². The van der Waals surface area contributed by atoms with Crippen LogP contribution in [0.25, 0.3) is 11.0 Å². The molecular weight excluding hydrogens is 350 g/mol. The van der Waals surface area contributed by atoms with Gasteiger partial charge in [-0.2, -0.15) is 0 Å². The molecule has 0 aliphatic rings. The van der Waals surface area contributed by atoms with E-state index in [4.69, 9.17) is 16.3 Å². The molecule has 1 aromatic heterocycles. The van der Waals surface area contributed by atoms with E-state index in [2.05, 4.69) is 14.9 Å². The molecule has 1 atom stereocenters. The normalized spacial score (nSPS) is 12.2. The predicted octanol–water partition coefficient (Wildman–Crippen LogP) is 3.89. The van der Waals surface area contributed by atoms with E-state index in [9.17, 15) is 4.79 Å². The minimum absolute atomic E-state index is 0.151. The third-order valence-corrected chi connectivity index (χ3v) is 4.53. The van der Waals surface area contributed by atoms with Crippen molar-refractivity contribution in [3.63, 3.8) is 0 Å². The summed E-state index contributed by atoms with van der Waals surface area (Å²) in [6, 6.07) is 13.3. The van der Waals surface area contributed by atoms with E-state index in [1.54, 1.807) is 19.1 Å². The van der Waals surface area contributed by atoms with Gasteiger partial charge in [0.2, 0.25) is 0 Å². The van der Waals surface area contributed by atoms with Crippen molar-refractivity contribution in [2.45, 2.75) is 33.4 Å². The molecule has 1 amide bonds. The number of hydrogen-bond donors (Lipinski definition) is 1. The van der Waals surface area contributed by atoms with Crippen molar-refractivity contribution < 1.29 is 9.53 Å². The molecule has 3 rings (SSSR count). The topological polar surface area (TPSA) is 56.1 Å². The first-order chi connectivity index (χ1) is 12.5. The number of hydrogen-bond acceptors (Lipinski definition) is 3. The summed E-state index contributed by atoms with van der Waals surface area (Å²) >= 11 is 5.95. The lowest BCUT2D eigenvalue weighted by atomic mass is 10.2. The third kappa shape index (κ3) is 3.99. The maximum absolute atomic E-state index is 12.3. The lowest BCUT2D eigenvalue weighted by molar-refractivity contribution is -0.127. The number of benzene rings is 2. The van der Waals surface area contributed by atoms with Crippen molar-refractivity contribution >= 4 is 28.5 Å². The second kappa shape index (κ2) is 7.79. The van der Waals surface area contributed by atoms with Crippen LogP contribution in [0.5, 0.6) is 5.75 Å². The molecule has 1 unspecified atom stereocenters. The van der Waals surface area contributed by atoms with Crippen LogP contribution in [0.1, 0.15) is 18.3 Å². The molecule has 0 radical (unpaired) electrons. The molecular formula is C20H22ClN3O2. The molecule has 0 aliphatic heterocycles. The quantitative estimate of drug-likeness (QED) is 0.715. The zero-order chi connectivity index (χ0) is 18.7. The summed E-state index contributed by atoms with van der Waals surface area (Å²) in [6.07, 6.45) is -0.587. The summed E-state index contributed by atoms with van der Waals surface area (Å²) in [5, 5.41) is 3.57. The number of aryl methyl sites for hydroxylation is 2. The Labute approximate surface area is 157 Å². The highest BCUT2D eigenvalue weighted by Crippen LogP contribution is 2.22. The average molecular weight is 372 g/mol. The molecule has 1 N–H and O–H groups in total. The summed E-state index contributed by atoms with van der Waals surface area (Å²) in [6.45, 7) is 6.77. The van der Waals surface area contributed by atoms with E-state index in [1.807, 2.05) is 44.2 Å². The van der Waals surface area contributed by atoms with Crippen molar-refractivity contribution in [2.24, 2.45) is 0 Å². The number of halogens is 1. The van der Waals surface area contributed by atoms with Crippen LogP contribution in [0.2, 0.25) is 5.02 Å². The van der Waals surface area contributed by atoms with Crippen LogP contribution in [0.15, 0.2) is 42.5 Å². The first-order valence-corrected chi connectivity index (χ1v) is 8.96. The van der Waals surface area contributed by atoms with Gasteiger partial charge in [-0.1, -0.05) is 23.7 Å². The molecule has 6 heteroatoms. The largest absolute Gasteiger partial charge is 0.481 e. The Bertz CT molecular complexity index is 936. The number of carbonyl (C=O) groups excluding carboxylic acids is 1. The molecule has 1 heterocycles. The fourth-order valence-corrected chi connectivity index (χ4v) is 3.13. The van der Waals surface area contributed by atoms with Gasteiger partial charge in [0.1, 0.15) is 11.6 Å². The molecule has 0 bridgehead atoms. The Morgan fingerprint density at radius 3 is 2.81 bits per heavy atom. The maximum Gasteiger partial charge on any atom is 0.260 e. The number of carbonyl (C=O) groups is 1. The van der Waals surface area contributed by atoms with Crippen LogP contribution < -0.4 is 10.1 Å². The van der Waals surface area contributed by atoms with Gasteiger partial charge < -0.3 is 14.6 Å². The lowest BCUT2D eigenvalue weighted by Gasteiger charge is -2.17. The van der Waals surface area contributed by atoms with Crippen molar-refractivity contribution in [1.82, 2.24) is 14.9 Å². The monoisotopic (exact) mass is 371 g/mol. The van der Waals surface area contributed by atoms with E-state index in [1.165, 1.54) is 0 Å². The van der Waals surface area contributed by atoms with E-state index >= 15 is 0 Å². The Hall–Kier alpha value is -2.53. The summed E-state index contributed by atoms with van der Waals surface area (Å²) in [7, 11) is 0. The zero-order valence-corrected chi connectivity index (χ0v) is 15.9. The third-order valence-electron chi connectivity index (χ3n) is 4.29. The smallest absolute Gasteiger partial charge is 0.260 e. The number of amides is 1. The minimum Gasteiger partial charge on any atom is -0.481 e. The number of rotatable bonds is 6. The van der Waals surface area contributed by atoms with Crippen LogP contribution in [-0.4, -0.2) is 28.1 Å². The number of imidazole rings is 1. The Morgan fingerprint density at radius 2 is 2.04 bits per heavy atom. The average Bonchev–Trinajstić information content (AvgIpc) is 2.93. The van der Waals surface area contributed by atoms with Gasteiger partial charge in [-0.05, 0) is 56.7 Å². The number of ether oxygens (including phenoxy) is 1. The van der Waals surface area contributed by atoms with Crippen LogP contribution in [0, 0.1) is 13.8 Å². The fraction of sp³-hybridized carbons (Fsp3) is 0.300. The summed E-state index contributed by atoms with van der Waals surface area (Å²) < 4.78 is 7.86. The highest BCUT2D eigenvalue weighted by Gasteiger charge is 2.15. The van der Waals surface area contributed by atoms with Crippen LogP contribution in [0.3, 0.4) is 0 Å². The van der Waals surface area contributed by atoms with E-state index < -0.39 is 6.10 Å². The van der Waals surface area contributed by atoms with Crippen LogP contribution >= 0.6 is 11.6 Å². The first-order valence-electron chi connectivity index (χ1n) is 8.58. The van der Waals surface area contributed by atoms with Crippen molar-refractivity contribution in [1.29, 1.82) is 0 Å². The van der Waals surface area contributed by atoms with Gasteiger partial charge in [0.25, 0.3) is 5.91 Å². The van der Waals surface area contributed by atoms with E-state index in [-0.39, 0.29) is 5.91 Å². The second-order valence-electron chi connectivity index (χ2n) is 6.26. The van der Waals surface area contributed by atoms with Crippen molar-refractivity contribution in [3.8, 4) is 5.75 Å². The Balaban J connectivity index is 1.57. The Kier molecular flexibility index (Phi) is 5.47. The number of fused-ring (bicyclic) bond motifs is 1. The van der Waals surface area contributed by atoms with E-state index in [0.29, 0.717) is 23.9 Å². The number of aromatic nitrogens is 2. The molecule has 136 valence electrons. The first kappa shape index (κ1) is 18.3. The molecule has 0 fully saturated rings. The predicted molar refractivity (Wildman–Crippen MR) is 104 cm³/mol. The van der Waals surface area contributed by atoms with Gasteiger partial charge in [-0.15, -0.1) is 0 Å². The molecule has 0 spiro atoms. The van der Waals surface area contributed by atoms with Gasteiger partial charge in [-0.25, -0.2) is 4.98 Å². The molecule has 3 aromatic rings. The Morgan fingerprint density at radius 1 is 1.27 bits per heavy atom. The second-order valence-corrected chi connectivity index (χ2v) is 6.70. The van der Waals surface area contributed by atoms with Gasteiger partial charge in [0.05, 0.1) is 11.0 Å².